The Morgan fingerprint density at radius 3 is 2.85 bits per heavy atom. The Morgan fingerprint density at radius 2 is 2.20 bits per heavy atom. The van der Waals surface area contributed by atoms with Crippen molar-refractivity contribution in [1.29, 1.82) is 0 Å². The fourth-order valence-corrected chi connectivity index (χ4v) is 2.25. The highest BCUT2D eigenvalue weighted by atomic mass is 16.5. The fourth-order valence-electron chi connectivity index (χ4n) is 2.25. The highest BCUT2D eigenvalue weighted by Gasteiger charge is 2.34. The summed E-state index contributed by atoms with van der Waals surface area (Å²) in [6.45, 7) is 4.20. The number of likely N-dealkylation sites (tertiary alicyclic amines) is 1. The maximum atomic E-state index is 12.3. The minimum Gasteiger partial charge on any atom is -0.480 e. The van der Waals surface area contributed by atoms with Crippen molar-refractivity contribution in [2.24, 2.45) is 0 Å². The Bertz CT molecular complexity index is 516. The third-order valence-electron chi connectivity index (χ3n) is 3.10. The molecule has 1 aromatic rings. The molecule has 1 fully saturated rings. The molecule has 0 bridgehead atoms. The Labute approximate surface area is 117 Å². The Hall–Kier alpha value is -2.11. The van der Waals surface area contributed by atoms with Crippen molar-refractivity contribution in [2.75, 3.05) is 6.54 Å². The third kappa shape index (κ3) is 3.07. The van der Waals surface area contributed by atoms with Gasteiger partial charge in [0.15, 0.2) is 0 Å². The van der Waals surface area contributed by atoms with E-state index in [4.69, 9.17) is 9.84 Å². The topological polar surface area (TPSA) is 79.7 Å². The summed E-state index contributed by atoms with van der Waals surface area (Å²) < 4.78 is 5.44. The summed E-state index contributed by atoms with van der Waals surface area (Å²) in [5, 5.41) is 9.11. The lowest BCUT2D eigenvalue weighted by Crippen LogP contribution is -2.40. The summed E-state index contributed by atoms with van der Waals surface area (Å²) in [5.41, 5.74) is 0.219. The van der Waals surface area contributed by atoms with Crippen LogP contribution in [0, 0.1) is 0 Å². The van der Waals surface area contributed by atoms with Crippen LogP contribution < -0.4 is 4.74 Å². The molecule has 1 amide bonds. The molecule has 1 saturated heterocycles. The van der Waals surface area contributed by atoms with Crippen molar-refractivity contribution in [3.8, 4) is 5.88 Å². The molecule has 108 valence electrons. The molecule has 0 aliphatic carbocycles. The number of rotatable bonds is 4. The van der Waals surface area contributed by atoms with Crippen LogP contribution in [0.3, 0.4) is 0 Å². The van der Waals surface area contributed by atoms with E-state index in [1.165, 1.54) is 4.90 Å². The van der Waals surface area contributed by atoms with Gasteiger partial charge in [-0.15, -0.1) is 0 Å². The first-order chi connectivity index (χ1) is 9.49. The van der Waals surface area contributed by atoms with Crippen LogP contribution in [0.5, 0.6) is 5.88 Å². The number of hydrogen-bond acceptors (Lipinski definition) is 4. The number of carbonyl (C=O) groups excluding carboxylic acids is 1. The maximum Gasteiger partial charge on any atom is 0.326 e. The molecule has 0 unspecified atom stereocenters. The minimum atomic E-state index is -0.967. The number of hydrogen-bond donors (Lipinski definition) is 1. The molecule has 2 rings (SSSR count). The number of ether oxygens (including phenoxy) is 1. The van der Waals surface area contributed by atoms with Gasteiger partial charge in [0, 0.05) is 12.6 Å². The van der Waals surface area contributed by atoms with Crippen LogP contribution in [0.2, 0.25) is 0 Å². The molecule has 1 aliphatic heterocycles. The second-order valence-corrected chi connectivity index (χ2v) is 5.02. The molecule has 1 aromatic heterocycles. The highest BCUT2D eigenvalue weighted by molar-refractivity contribution is 5.95. The first-order valence-electron chi connectivity index (χ1n) is 6.66. The van der Waals surface area contributed by atoms with Gasteiger partial charge in [-0.25, -0.2) is 9.78 Å². The number of aromatic nitrogens is 1. The van der Waals surface area contributed by atoms with Crippen molar-refractivity contribution < 1.29 is 19.4 Å². The normalized spacial score (nSPS) is 18.4. The summed E-state index contributed by atoms with van der Waals surface area (Å²) in [6.07, 6.45) is 1.15. The fraction of sp³-hybridized carbons (Fsp3) is 0.500. The van der Waals surface area contributed by atoms with Crippen molar-refractivity contribution in [1.82, 2.24) is 9.88 Å². The molecular weight excluding hydrogens is 260 g/mol. The largest absolute Gasteiger partial charge is 0.480 e. The molecule has 0 saturated carbocycles. The molecule has 0 radical (unpaired) electrons. The Morgan fingerprint density at radius 1 is 1.45 bits per heavy atom. The molecule has 6 nitrogen and oxygen atoms in total. The van der Waals surface area contributed by atoms with Gasteiger partial charge in [0.05, 0.1) is 6.10 Å². The van der Waals surface area contributed by atoms with Crippen LogP contribution in [0.25, 0.3) is 0 Å². The van der Waals surface area contributed by atoms with Crippen molar-refractivity contribution >= 4 is 11.9 Å². The zero-order chi connectivity index (χ0) is 14.7. The lowest BCUT2D eigenvalue weighted by molar-refractivity contribution is -0.141. The zero-order valence-electron chi connectivity index (χ0n) is 11.6. The monoisotopic (exact) mass is 278 g/mol. The average Bonchev–Trinajstić information content (AvgIpc) is 2.86. The second-order valence-electron chi connectivity index (χ2n) is 5.02. The number of carbonyl (C=O) groups is 2. The van der Waals surface area contributed by atoms with Crippen molar-refractivity contribution in [3.63, 3.8) is 0 Å². The first kappa shape index (κ1) is 14.3. The van der Waals surface area contributed by atoms with E-state index in [1.54, 1.807) is 18.2 Å². The van der Waals surface area contributed by atoms with Gasteiger partial charge in [0.2, 0.25) is 5.88 Å². The molecule has 1 atom stereocenters. The number of amides is 1. The van der Waals surface area contributed by atoms with Crippen LogP contribution in [0.15, 0.2) is 18.2 Å². The van der Waals surface area contributed by atoms with E-state index < -0.39 is 12.0 Å². The SMILES string of the molecule is CC(C)Oc1cccc(C(=O)N2CCC[C@@H]2C(=O)O)n1. The van der Waals surface area contributed by atoms with E-state index in [-0.39, 0.29) is 17.7 Å². The molecule has 20 heavy (non-hydrogen) atoms. The zero-order valence-corrected chi connectivity index (χ0v) is 11.6. The van der Waals surface area contributed by atoms with Crippen LogP contribution >= 0.6 is 0 Å². The molecule has 1 N–H and O–H groups in total. The van der Waals surface area contributed by atoms with E-state index >= 15 is 0 Å². The summed E-state index contributed by atoms with van der Waals surface area (Å²) in [5.74, 6) is -0.952. The van der Waals surface area contributed by atoms with Gasteiger partial charge in [0.1, 0.15) is 11.7 Å². The van der Waals surface area contributed by atoms with Gasteiger partial charge >= 0.3 is 5.97 Å². The third-order valence-corrected chi connectivity index (χ3v) is 3.10. The van der Waals surface area contributed by atoms with Gasteiger partial charge < -0.3 is 14.7 Å². The van der Waals surface area contributed by atoms with E-state index in [0.29, 0.717) is 25.3 Å². The number of aliphatic carboxylic acids is 1. The molecule has 2 heterocycles. The molecule has 1 aliphatic rings. The summed E-state index contributed by atoms with van der Waals surface area (Å²) in [6, 6.07) is 4.19. The lowest BCUT2D eigenvalue weighted by atomic mass is 10.2. The van der Waals surface area contributed by atoms with E-state index in [0.717, 1.165) is 0 Å². The predicted octanol–water partition coefficient (Wildman–Crippen LogP) is 1.56. The average molecular weight is 278 g/mol. The van der Waals surface area contributed by atoms with Crippen LogP contribution in [0.4, 0.5) is 0 Å². The van der Waals surface area contributed by atoms with Crippen LogP contribution in [0.1, 0.15) is 37.2 Å². The Kier molecular flexibility index (Phi) is 4.22. The maximum absolute atomic E-state index is 12.3. The number of carboxylic acid groups (broad SMARTS) is 1. The highest BCUT2D eigenvalue weighted by Crippen LogP contribution is 2.20. The van der Waals surface area contributed by atoms with Crippen molar-refractivity contribution in [3.05, 3.63) is 23.9 Å². The molecule has 6 heteroatoms. The van der Waals surface area contributed by atoms with Gasteiger partial charge in [-0.2, -0.15) is 0 Å². The van der Waals surface area contributed by atoms with Gasteiger partial charge in [-0.1, -0.05) is 6.07 Å². The lowest BCUT2D eigenvalue weighted by Gasteiger charge is -2.21. The smallest absolute Gasteiger partial charge is 0.326 e. The number of pyridine rings is 1. The standard InChI is InChI=1S/C14H18N2O4/c1-9(2)20-12-7-3-5-10(15-12)13(17)16-8-4-6-11(16)14(18)19/h3,5,7,9,11H,4,6,8H2,1-2H3,(H,18,19)/t11-/m1/s1. The van der Waals surface area contributed by atoms with Gasteiger partial charge in [-0.3, -0.25) is 4.79 Å². The summed E-state index contributed by atoms with van der Waals surface area (Å²) in [7, 11) is 0. The molecule has 0 spiro atoms. The van der Waals surface area contributed by atoms with Crippen LogP contribution in [-0.4, -0.2) is 45.6 Å². The van der Waals surface area contributed by atoms with E-state index in [2.05, 4.69) is 4.98 Å². The predicted molar refractivity (Wildman–Crippen MR) is 71.7 cm³/mol. The minimum absolute atomic E-state index is 0.0357. The first-order valence-corrected chi connectivity index (χ1v) is 6.66. The van der Waals surface area contributed by atoms with Gasteiger partial charge in [0.25, 0.3) is 5.91 Å². The van der Waals surface area contributed by atoms with E-state index in [1.807, 2.05) is 13.8 Å². The Balaban J connectivity index is 2.18. The molecule has 0 aromatic carbocycles. The van der Waals surface area contributed by atoms with Crippen LogP contribution in [-0.2, 0) is 4.79 Å². The molecular formula is C14H18N2O4. The van der Waals surface area contributed by atoms with Crippen molar-refractivity contribution in [2.45, 2.75) is 38.8 Å². The number of carboxylic acids is 1. The second kappa shape index (κ2) is 5.90. The summed E-state index contributed by atoms with van der Waals surface area (Å²) >= 11 is 0. The number of nitrogens with zero attached hydrogens (tertiary/aromatic N) is 2. The van der Waals surface area contributed by atoms with Gasteiger partial charge in [-0.05, 0) is 32.8 Å². The quantitative estimate of drug-likeness (QED) is 0.904. The van der Waals surface area contributed by atoms with E-state index in [9.17, 15) is 9.59 Å². The summed E-state index contributed by atoms with van der Waals surface area (Å²) in [4.78, 5) is 29.0.